The number of aliphatic hydroxyl groups excluding tert-OH is 3. The van der Waals surface area contributed by atoms with E-state index >= 15 is 0 Å². The number of ether oxygens (including phenoxy) is 2. The van der Waals surface area contributed by atoms with E-state index in [2.05, 4.69) is 0 Å². The van der Waals surface area contributed by atoms with E-state index in [9.17, 15) is 20.1 Å². The molecular formula is C9H16O6S. The molecule has 16 heavy (non-hydrogen) atoms. The molecule has 0 aliphatic carbocycles. The molecule has 0 aromatic carbocycles. The highest BCUT2D eigenvalue weighted by atomic mass is 32.2. The molecule has 1 aliphatic rings. The van der Waals surface area contributed by atoms with Crippen LogP contribution in [-0.2, 0) is 14.3 Å². The van der Waals surface area contributed by atoms with E-state index in [4.69, 9.17) is 9.47 Å². The number of methoxy groups -OCH3 is 1. The Balaban J connectivity index is 2.60. The van der Waals surface area contributed by atoms with Crippen LogP contribution in [0.15, 0.2) is 0 Å². The third-order valence-corrected chi connectivity index (χ3v) is 3.25. The Kier molecular flexibility index (Phi) is 5.16. The first-order chi connectivity index (χ1) is 7.47. The molecule has 0 spiro atoms. The van der Waals surface area contributed by atoms with E-state index in [1.165, 1.54) is 14.0 Å². The summed E-state index contributed by atoms with van der Waals surface area (Å²) in [6, 6.07) is 0. The zero-order valence-corrected chi connectivity index (χ0v) is 9.88. The maximum Gasteiger partial charge on any atom is 0.186 e. The normalized spacial score (nSPS) is 39.7. The molecule has 3 N–H and O–H groups in total. The van der Waals surface area contributed by atoms with Crippen molar-refractivity contribution >= 4 is 16.9 Å². The molecule has 7 heteroatoms. The maximum absolute atomic E-state index is 10.8. The van der Waals surface area contributed by atoms with Crippen LogP contribution in [0.25, 0.3) is 0 Å². The predicted octanol–water partition coefficient (Wildman–Crippen LogP) is -1.28. The second kappa shape index (κ2) is 5.95. The van der Waals surface area contributed by atoms with Gasteiger partial charge in [-0.15, -0.1) is 0 Å². The fourth-order valence-electron chi connectivity index (χ4n) is 1.45. The Morgan fingerprint density at radius 3 is 2.44 bits per heavy atom. The minimum atomic E-state index is -1.34. The molecular weight excluding hydrogens is 236 g/mol. The standard InChI is InChI=1S/C9H16O6S/c1-4(10)16-3-5-6(11)7(12)8(13)9(14-2)15-5/h5-9,11-13H,3H2,1-2H3/t5?,6-,7+,8?,9-/m1/s1. The quantitative estimate of drug-likeness (QED) is 0.575. The van der Waals surface area contributed by atoms with Crippen molar-refractivity contribution in [2.24, 2.45) is 0 Å². The number of hydrogen-bond acceptors (Lipinski definition) is 7. The van der Waals surface area contributed by atoms with Crippen molar-refractivity contribution in [2.75, 3.05) is 12.9 Å². The summed E-state index contributed by atoms with van der Waals surface area (Å²) in [7, 11) is 1.33. The molecule has 0 bridgehead atoms. The average molecular weight is 252 g/mol. The molecule has 0 radical (unpaired) electrons. The third-order valence-electron chi connectivity index (χ3n) is 2.35. The van der Waals surface area contributed by atoms with Crippen molar-refractivity contribution < 1.29 is 29.6 Å². The number of rotatable bonds is 3. The van der Waals surface area contributed by atoms with Gasteiger partial charge in [0.15, 0.2) is 11.4 Å². The van der Waals surface area contributed by atoms with Crippen LogP contribution in [0.3, 0.4) is 0 Å². The van der Waals surface area contributed by atoms with Gasteiger partial charge in [0.05, 0.1) is 6.10 Å². The molecule has 1 saturated heterocycles. The van der Waals surface area contributed by atoms with Crippen LogP contribution in [0.5, 0.6) is 0 Å². The summed E-state index contributed by atoms with van der Waals surface area (Å²) in [5, 5.41) is 28.5. The highest BCUT2D eigenvalue weighted by Crippen LogP contribution is 2.24. The molecule has 1 heterocycles. The van der Waals surface area contributed by atoms with Gasteiger partial charge >= 0.3 is 0 Å². The zero-order valence-electron chi connectivity index (χ0n) is 9.07. The van der Waals surface area contributed by atoms with Crippen molar-refractivity contribution in [3.63, 3.8) is 0 Å². The first-order valence-electron chi connectivity index (χ1n) is 4.83. The second-order valence-electron chi connectivity index (χ2n) is 3.55. The third kappa shape index (κ3) is 3.16. The van der Waals surface area contributed by atoms with Crippen molar-refractivity contribution in [3.05, 3.63) is 0 Å². The molecule has 5 atom stereocenters. The van der Waals surface area contributed by atoms with E-state index in [0.717, 1.165) is 11.8 Å². The first-order valence-corrected chi connectivity index (χ1v) is 5.81. The van der Waals surface area contributed by atoms with Crippen LogP contribution >= 0.6 is 11.8 Å². The molecule has 94 valence electrons. The lowest BCUT2D eigenvalue weighted by Gasteiger charge is -2.39. The fourth-order valence-corrected chi connectivity index (χ4v) is 2.12. The van der Waals surface area contributed by atoms with Gasteiger partial charge in [-0.05, 0) is 0 Å². The summed E-state index contributed by atoms with van der Waals surface area (Å²) in [4.78, 5) is 10.8. The van der Waals surface area contributed by atoms with Crippen LogP contribution in [0.2, 0.25) is 0 Å². The van der Waals surface area contributed by atoms with Gasteiger partial charge < -0.3 is 24.8 Å². The highest BCUT2D eigenvalue weighted by molar-refractivity contribution is 8.13. The van der Waals surface area contributed by atoms with Crippen molar-refractivity contribution in [2.45, 2.75) is 37.6 Å². The average Bonchev–Trinajstić information content (AvgIpc) is 2.25. The fraction of sp³-hybridized carbons (Fsp3) is 0.889. The van der Waals surface area contributed by atoms with Gasteiger partial charge in [-0.2, -0.15) is 0 Å². The SMILES string of the molecule is CO[C@@H]1OC(CSC(C)=O)[C@@H](O)[C@H](O)C1O. The number of carbonyl (C=O) groups excluding carboxylic acids is 1. The van der Waals surface area contributed by atoms with Crippen LogP contribution in [-0.4, -0.2) is 64.0 Å². The van der Waals surface area contributed by atoms with Gasteiger partial charge in [0.1, 0.15) is 18.3 Å². The molecule has 1 fully saturated rings. The van der Waals surface area contributed by atoms with Gasteiger partial charge in [0, 0.05) is 19.8 Å². The second-order valence-corrected chi connectivity index (χ2v) is 4.75. The summed E-state index contributed by atoms with van der Waals surface area (Å²) >= 11 is 0.985. The number of thioether (sulfide) groups is 1. The number of carbonyl (C=O) groups is 1. The molecule has 0 aromatic rings. The van der Waals surface area contributed by atoms with E-state index < -0.39 is 30.7 Å². The lowest BCUT2D eigenvalue weighted by atomic mass is 10.00. The lowest BCUT2D eigenvalue weighted by Crippen LogP contribution is -2.58. The van der Waals surface area contributed by atoms with Crippen LogP contribution in [0.4, 0.5) is 0 Å². The van der Waals surface area contributed by atoms with Gasteiger partial charge in [-0.25, -0.2) is 0 Å². The molecule has 0 aromatic heterocycles. The van der Waals surface area contributed by atoms with Crippen molar-refractivity contribution in [1.29, 1.82) is 0 Å². The Morgan fingerprint density at radius 2 is 1.94 bits per heavy atom. The van der Waals surface area contributed by atoms with Crippen LogP contribution in [0, 0.1) is 0 Å². The molecule has 0 saturated carbocycles. The largest absolute Gasteiger partial charge is 0.388 e. The van der Waals surface area contributed by atoms with Crippen LogP contribution in [0.1, 0.15) is 6.92 Å². The molecule has 1 aliphatic heterocycles. The summed E-state index contributed by atoms with van der Waals surface area (Å²) in [5.41, 5.74) is 0. The Bertz CT molecular complexity index is 246. The first kappa shape index (κ1) is 13.9. The monoisotopic (exact) mass is 252 g/mol. The van der Waals surface area contributed by atoms with Crippen molar-refractivity contribution in [1.82, 2.24) is 0 Å². The Labute approximate surface area is 97.5 Å². The minimum Gasteiger partial charge on any atom is -0.388 e. The van der Waals surface area contributed by atoms with Crippen LogP contribution < -0.4 is 0 Å². The summed E-state index contributed by atoms with van der Waals surface area (Å²) in [5.74, 6) is 0.208. The number of aliphatic hydroxyl groups is 3. The number of hydrogen-bond donors (Lipinski definition) is 3. The zero-order chi connectivity index (χ0) is 12.3. The Morgan fingerprint density at radius 1 is 1.31 bits per heavy atom. The molecule has 6 nitrogen and oxygen atoms in total. The minimum absolute atomic E-state index is 0.106. The highest BCUT2D eigenvalue weighted by Gasteiger charge is 2.43. The lowest BCUT2D eigenvalue weighted by molar-refractivity contribution is -0.284. The van der Waals surface area contributed by atoms with E-state index in [1.807, 2.05) is 0 Å². The van der Waals surface area contributed by atoms with E-state index in [0.29, 0.717) is 0 Å². The van der Waals surface area contributed by atoms with E-state index in [-0.39, 0.29) is 10.9 Å². The molecule has 1 rings (SSSR count). The van der Waals surface area contributed by atoms with Gasteiger partial charge in [-0.1, -0.05) is 11.8 Å². The smallest absolute Gasteiger partial charge is 0.186 e. The topological polar surface area (TPSA) is 96.2 Å². The summed E-state index contributed by atoms with van der Waals surface area (Å²) in [6.07, 6.45) is -5.59. The predicted molar refractivity (Wildman–Crippen MR) is 56.8 cm³/mol. The summed E-state index contributed by atoms with van der Waals surface area (Å²) in [6.45, 7) is 1.40. The van der Waals surface area contributed by atoms with E-state index in [1.54, 1.807) is 0 Å². The maximum atomic E-state index is 10.8. The summed E-state index contributed by atoms with van der Waals surface area (Å²) < 4.78 is 10.0. The molecule has 2 unspecified atom stereocenters. The van der Waals surface area contributed by atoms with Gasteiger partial charge in [0.25, 0.3) is 0 Å². The van der Waals surface area contributed by atoms with Gasteiger partial charge in [0.2, 0.25) is 0 Å². The molecule has 0 amide bonds. The van der Waals surface area contributed by atoms with Crippen molar-refractivity contribution in [3.8, 4) is 0 Å². The van der Waals surface area contributed by atoms with Gasteiger partial charge in [-0.3, -0.25) is 4.79 Å². The Hall–Kier alpha value is -0.180.